The van der Waals surface area contributed by atoms with Crippen molar-refractivity contribution in [3.05, 3.63) is 107 Å². The highest BCUT2D eigenvalue weighted by atomic mass is 35.5. The molecule has 0 aliphatic carbocycles. The van der Waals surface area contributed by atoms with Gasteiger partial charge in [0.1, 0.15) is 12.2 Å². The molecule has 40 heavy (non-hydrogen) atoms. The van der Waals surface area contributed by atoms with Crippen LogP contribution in [0, 0.1) is 11.3 Å². The number of aliphatic hydroxyl groups excluding tert-OH is 1. The van der Waals surface area contributed by atoms with Crippen molar-refractivity contribution in [1.82, 2.24) is 4.57 Å². The number of rotatable bonds is 8. The highest BCUT2D eigenvalue weighted by Crippen LogP contribution is 2.31. The molecule has 4 aromatic rings. The van der Waals surface area contributed by atoms with Gasteiger partial charge in [-0.25, -0.2) is 0 Å². The minimum Gasteiger partial charge on any atom is -0.393 e. The molecular weight excluding hydrogens is 526 g/mol. The molecule has 5 rings (SSSR count). The van der Waals surface area contributed by atoms with Crippen LogP contribution in [0.2, 0.25) is 5.02 Å². The standard InChI is InChI=1S/C31H28ClN5O3/c32-27-20-25(36-17-13-26(38)14-18-36)11-12-28(27)34-23-7-3-21(4-8-23)30(39)22-5-9-24(10-6-22)35-31(40)29-2-1-16-37(29)19-15-33/h1-12,16,20,26,34,38H,13-14,17-19H2,(H,35,40). The van der Waals surface area contributed by atoms with Crippen molar-refractivity contribution >= 4 is 46.0 Å². The summed E-state index contributed by atoms with van der Waals surface area (Å²) >= 11 is 6.55. The van der Waals surface area contributed by atoms with Crippen LogP contribution in [0.3, 0.4) is 0 Å². The van der Waals surface area contributed by atoms with E-state index in [1.807, 2.05) is 36.4 Å². The Morgan fingerprint density at radius 3 is 2.23 bits per heavy atom. The van der Waals surface area contributed by atoms with Crippen LogP contribution in [-0.2, 0) is 6.54 Å². The lowest BCUT2D eigenvalue weighted by molar-refractivity contribution is 0.101. The first kappa shape index (κ1) is 27.0. The molecule has 0 spiro atoms. The molecule has 1 aliphatic rings. The average Bonchev–Trinajstić information content (AvgIpc) is 3.44. The molecule has 0 saturated carbocycles. The number of ketones is 1. The molecule has 0 radical (unpaired) electrons. The van der Waals surface area contributed by atoms with Crippen molar-refractivity contribution in [2.75, 3.05) is 28.6 Å². The topological polar surface area (TPSA) is 110 Å². The molecule has 1 aromatic heterocycles. The first-order chi connectivity index (χ1) is 19.4. The van der Waals surface area contributed by atoms with Crippen molar-refractivity contribution in [1.29, 1.82) is 5.26 Å². The Morgan fingerprint density at radius 1 is 0.950 bits per heavy atom. The van der Waals surface area contributed by atoms with E-state index in [4.69, 9.17) is 16.9 Å². The van der Waals surface area contributed by atoms with Gasteiger partial charge in [0.2, 0.25) is 0 Å². The van der Waals surface area contributed by atoms with Crippen LogP contribution in [0.5, 0.6) is 0 Å². The Labute approximate surface area is 237 Å². The van der Waals surface area contributed by atoms with Crippen LogP contribution in [0.25, 0.3) is 0 Å². The van der Waals surface area contributed by atoms with Crippen LogP contribution in [0.15, 0.2) is 85.1 Å². The fraction of sp³-hybridized carbons (Fsp3) is 0.194. The van der Waals surface area contributed by atoms with E-state index in [2.05, 4.69) is 15.5 Å². The maximum atomic E-state index is 13.0. The number of nitrogens with one attached hydrogen (secondary N) is 2. The summed E-state index contributed by atoms with van der Waals surface area (Å²) in [6.45, 7) is 1.69. The maximum absolute atomic E-state index is 13.0. The van der Waals surface area contributed by atoms with Gasteiger partial charge < -0.3 is 25.2 Å². The number of nitriles is 1. The summed E-state index contributed by atoms with van der Waals surface area (Å²) < 4.78 is 1.57. The van der Waals surface area contributed by atoms with E-state index in [1.165, 1.54) is 0 Å². The smallest absolute Gasteiger partial charge is 0.272 e. The first-order valence-electron chi connectivity index (χ1n) is 13.0. The third kappa shape index (κ3) is 6.18. The molecule has 0 unspecified atom stereocenters. The van der Waals surface area contributed by atoms with Gasteiger partial charge in [-0.3, -0.25) is 9.59 Å². The fourth-order valence-corrected chi connectivity index (χ4v) is 4.91. The zero-order chi connectivity index (χ0) is 28.1. The van der Waals surface area contributed by atoms with E-state index in [-0.39, 0.29) is 24.3 Å². The third-order valence-corrected chi connectivity index (χ3v) is 7.23. The molecular formula is C31H28ClN5O3. The largest absolute Gasteiger partial charge is 0.393 e. The van der Waals surface area contributed by atoms with Crippen LogP contribution < -0.4 is 15.5 Å². The minimum atomic E-state index is -0.330. The molecule has 8 nitrogen and oxygen atoms in total. The SMILES string of the molecule is N#CCn1cccc1C(=O)Nc1ccc(C(=O)c2ccc(Nc3ccc(N4CCC(O)CC4)cc3Cl)cc2)cc1. The number of aliphatic hydroxyl groups is 1. The van der Waals surface area contributed by atoms with E-state index in [0.29, 0.717) is 27.5 Å². The van der Waals surface area contributed by atoms with Gasteiger partial charge in [0.05, 0.1) is 22.9 Å². The Bertz CT molecular complexity index is 1550. The molecule has 1 amide bonds. The summed E-state index contributed by atoms with van der Waals surface area (Å²) in [7, 11) is 0. The number of hydrogen-bond donors (Lipinski definition) is 3. The monoisotopic (exact) mass is 553 g/mol. The summed E-state index contributed by atoms with van der Waals surface area (Å²) in [6.07, 6.45) is 2.95. The second-order valence-electron chi connectivity index (χ2n) is 9.62. The summed E-state index contributed by atoms with van der Waals surface area (Å²) in [5.41, 5.74) is 4.55. The van der Waals surface area contributed by atoms with Crippen molar-refractivity contribution in [3.8, 4) is 6.07 Å². The Morgan fingerprint density at radius 2 is 1.60 bits per heavy atom. The number of aromatic nitrogens is 1. The van der Waals surface area contributed by atoms with Crippen molar-refractivity contribution in [2.45, 2.75) is 25.5 Å². The van der Waals surface area contributed by atoms with E-state index in [1.54, 1.807) is 59.3 Å². The predicted molar refractivity (Wildman–Crippen MR) is 157 cm³/mol. The molecule has 202 valence electrons. The summed E-state index contributed by atoms with van der Waals surface area (Å²) in [4.78, 5) is 27.8. The zero-order valence-electron chi connectivity index (χ0n) is 21.7. The summed E-state index contributed by atoms with van der Waals surface area (Å²) in [5, 5.41) is 25.3. The number of halogens is 1. The number of piperidine rings is 1. The fourth-order valence-electron chi connectivity index (χ4n) is 4.69. The quantitative estimate of drug-likeness (QED) is 0.236. The van der Waals surface area contributed by atoms with E-state index < -0.39 is 0 Å². The number of nitrogens with zero attached hydrogens (tertiary/aromatic N) is 3. The highest BCUT2D eigenvalue weighted by molar-refractivity contribution is 6.33. The second-order valence-corrected chi connectivity index (χ2v) is 10.0. The number of carbonyl (C=O) groups excluding carboxylic acids is 2. The van der Waals surface area contributed by atoms with Crippen LogP contribution in [0.4, 0.5) is 22.7 Å². The Balaban J connectivity index is 1.20. The van der Waals surface area contributed by atoms with Gasteiger partial charge in [-0.1, -0.05) is 11.6 Å². The van der Waals surface area contributed by atoms with Crippen LogP contribution in [-0.4, -0.2) is 40.6 Å². The highest BCUT2D eigenvalue weighted by Gasteiger charge is 2.18. The van der Waals surface area contributed by atoms with Crippen LogP contribution in [0.1, 0.15) is 39.3 Å². The maximum Gasteiger partial charge on any atom is 0.272 e. The molecule has 3 N–H and O–H groups in total. The molecule has 0 atom stereocenters. The first-order valence-corrected chi connectivity index (χ1v) is 13.4. The molecule has 2 heterocycles. The lowest BCUT2D eigenvalue weighted by atomic mass is 10.0. The summed E-state index contributed by atoms with van der Waals surface area (Å²) in [5.74, 6) is -0.468. The van der Waals surface area contributed by atoms with Gasteiger partial charge in [-0.05, 0) is 91.7 Å². The Hall–Kier alpha value is -4.58. The predicted octanol–water partition coefficient (Wildman–Crippen LogP) is 5.85. The van der Waals surface area contributed by atoms with Crippen molar-refractivity contribution < 1.29 is 14.7 Å². The molecule has 1 aliphatic heterocycles. The number of amides is 1. The van der Waals surface area contributed by atoms with E-state index >= 15 is 0 Å². The van der Waals surface area contributed by atoms with E-state index in [9.17, 15) is 14.7 Å². The average molecular weight is 554 g/mol. The molecule has 0 bridgehead atoms. The second kappa shape index (κ2) is 12.1. The number of hydrogen-bond acceptors (Lipinski definition) is 6. The molecule has 1 saturated heterocycles. The minimum absolute atomic E-state index is 0.0853. The normalized spacial score (nSPS) is 13.5. The van der Waals surface area contributed by atoms with Crippen molar-refractivity contribution in [3.63, 3.8) is 0 Å². The lowest BCUT2D eigenvalue weighted by Gasteiger charge is -2.31. The summed E-state index contributed by atoms with van der Waals surface area (Å²) in [6, 6.07) is 25.1. The molecule has 1 fully saturated rings. The van der Waals surface area contributed by atoms with E-state index in [0.717, 1.165) is 43.0 Å². The van der Waals surface area contributed by atoms with Gasteiger partial charge in [-0.15, -0.1) is 0 Å². The van der Waals surface area contributed by atoms with Gasteiger partial charge in [0, 0.05) is 47.5 Å². The van der Waals surface area contributed by atoms with Gasteiger partial charge >= 0.3 is 0 Å². The van der Waals surface area contributed by atoms with Crippen LogP contribution >= 0.6 is 11.6 Å². The van der Waals surface area contributed by atoms with Crippen molar-refractivity contribution in [2.24, 2.45) is 0 Å². The number of anilines is 4. The number of benzene rings is 3. The van der Waals surface area contributed by atoms with Gasteiger partial charge in [-0.2, -0.15) is 5.26 Å². The Kier molecular flexibility index (Phi) is 8.15. The van der Waals surface area contributed by atoms with Gasteiger partial charge in [0.25, 0.3) is 5.91 Å². The third-order valence-electron chi connectivity index (χ3n) is 6.92. The molecule has 9 heteroatoms. The molecule has 3 aromatic carbocycles. The lowest BCUT2D eigenvalue weighted by Crippen LogP contribution is -2.35. The van der Waals surface area contributed by atoms with Gasteiger partial charge in [0.15, 0.2) is 5.78 Å². The number of carbonyl (C=O) groups is 2. The zero-order valence-corrected chi connectivity index (χ0v) is 22.4.